The summed E-state index contributed by atoms with van der Waals surface area (Å²) in [7, 11) is 0. The maximum atomic E-state index is 12.6. The van der Waals surface area contributed by atoms with E-state index in [-0.39, 0.29) is 5.92 Å². The van der Waals surface area contributed by atoms with Gasteiger partial charge in [-0.05, 0) is 29.9 Å². The Labute approximate surface area is 118 Å². The van der Waals surface area contributed by atoms with E-state index in [2.05, 4.69) is 17.1 Å². The van der Waals surface area contributed by atoms with Crippen molar-refractivity contribution in [2.75, 3.05) is 0 Å². The summed E-state index contributed by atoms with van der Waals surface area (Å²) in [6, 6.07) is 7.66. The molecule has 0 bridgehead atoms. The number of alkyl halides is 3. The minimum absolute atomic E-state index is 0.147. The predicted molar refractivity (Wildman–Crippen MR) is 71.4 cm³/mol. The van der Waals surface area contributed by atoms with Gasteiger partial charge in [0.1, 0.15) is 0 Å². The molecule has 1 aliphatic rings. The molecule has 1 aromatic carbocycles. The normalized spacial score (nSPS) is 17.2. The van der Waals surface area contributed by atoms with Crippen LogP contribution in [0.5, 0.6) is 0 Å². The van der Waals surface area contributed by atoms with Gasteiger partial charge >= 0.3 is 6.18 Å². The topological polar surface area (TPSA) is 38.9 Å². The standard InChI is InChI=1S/C14H13F3N2S/c15-14(16,17)13-19-7-11(20-13)12(18)10-5-8-3-1-2-4-9(8)6-10/h1-4,7,10,12H,5-6,18H2. The van der Waals surface area contributed by atoms with Crippen LogP contribution in [0.15, 0.2) is 30.5 Å². The Balaban J connectivity index is 1.78. The smallest absolute Gasteiger partial charge is 0.323 e. The highest BCUT2D eigenvalue weighted by Crippen LogP contribution is 2.38. The number of benzene rings is 1. The molecule has 1 unspecified atom stereocenters. The zero-order valence-electron chi connectivity index (χ0n) is 10.5. The molecule has 0 spiro atoms. The molecule has 6 heteroatoms. The minimum atomic E-state index is -4.39. The molecule has 106 valence electrons. The molecule has 20 heavy (non-hydrogen) atoms. The molecule has 2 aromatic rings. The van der Waals surface area contributed by atoms with E-state index in [4.69, 9.17) is 5.73 Å². The van der Waals surface area contributed by atoms with E-state index < -0.39 is 17.2 Å². The van der Waals surface area contributed by atoms with E-state index in [9.17, 15) is 13.2 Å². The molecule has 1 atom stereocenters. The van der Waals surface area contributed by atoms with Gasteiger partial charge in [-0.15, -0.1) is 11.3 Å². The van der Waals surface area contributed by atoms with Crippen LogP contribution in [-0.4, -0.2) is 4.98 Å². The van der Waals surface area contributed by atoms with Crippen molar-refractivity contribution in [3.8, 4) is 0 Å². The van der Waals surface area contributed by atoms with Gasteiger partial charge in [-0.2, -0.15) is 13.2 Å². The Morgan fingerprint density at radius 1 is 1.20 bits per heavy atom. The lowest BCUT2D eigenvalue weighted by molar-refractivity contribution is -0.137. The Morgan fingerprint density at radius 3 is 2.30 bits per heavy atom. The summed E-state index contributed by atoms with van der Waals surface area (Å²) in [4.78, 5) is 3.95. The Morgan fingerprint density at radius 2 is 1.80 bits per heavy atom. The van der Waals surface area contributed by atoms with Crippen LogP contribution in [0.2, 0.25) is 0 Å². The van der Waals surface area contributed by atoms with Crippen molar-refractivity contribution >= 4 is 11.3 Å². The van der Waals surface area contributed by atoms with Crippen molar-refractivity contribution in [1.29, 1.82) is 0 Å². The number of halogens is 3. The second-order valence-electron chi connectivity index (χ2n) is 5.03. The molecule has 0 saturated carbocycles. The van der Waals surface area contributed by atoms with Crippen molar-refractivity contribution in [1.82, 2.24) is 4.98 Å². The Bertz CT molecular complexity index is 596. The van der Waals surface area contributed by atoms with Gasteiger partial charge in [0.05, 0.1) is 0 Å². The summed E-state index contributed by atoms with van der Waals surface area (Å²) < 4.78 is 37.7. The zero-order chi connectivity index (χ0) is 14.3. The average Bonchev–Trinajstić information content (AvgIpc) is 3.04. The van der Waals surface area contributed by atoms with E-state index >= 15 is 0 Å². The molecule has 2 N–H and O–H groups in total. The summed E-state index contributed by atoms with van der Waals surface area (Å²) in [5.74, 6) is 0.147. The number of hydrogen-bond acceptors (Lipinski definition) is 3. The first-order chi connectivity index (χ1) is 9.45. The fourth-order valence-electron chi connectivity index (χ4n) is 2.65. The van der Waals surface area contributed by atoms with Gasteiger partial charge in [-0.3, -0.25) is 0 Å². The molecule has 0 fully saturated rings. The molecule has 3 rings (SSSR count). The molecule has 1 heterocycles. The number of thiazole rings is 1. The number of rotatable bonds is 2. The van der Waals surface area contributed by atoms with Crippen LogP contribution in [0.3, 0.4) is 0 Å². The van der Waals surface area contributed by atoms with Crippen molar-refractivity contribution < 1.29 is 13.2 Å². The van der Waals surface area contributed by atoms with E-state index in [0.717, 1.165) is 12.8 Å². The highest BCUT2D eigenvalue weighted by atomic mass is 32.1. The van der Waals surface area contributed by atoms with Crippen LogP contribution in [-0.2, 0) is 19.0 Å². The fraction of sp³-hybridized carbons (Fsp3) is 0.357. The summed E-state index contributed by atoms with van der Waals surface area (Å²) in [6.07, 6.45) is -1.49. The molecule has 2 nitrogen and oxygen atoms in total. The molecule has 0 saturated heterocycles. The first-order valence-corrected chi connectivity index (χ1v) is 7.12. The first-order valence-electron chi connectivity index (χ1n) is 6.30. The molecule has 1 aromatic heterocycles. The third-order valence-electron chi connectivity index (χ3n) is 3.69. The van der Waals surface area contributed by atoms with Gasteiger partial charge in [-0.1, -0.05) is 24.3 Å². The summed E-state index contributed by atoms with van der Waals surface area (Å²) in [5, 5.41) is -0.821. The van der Waals surface area contributed by atoms with Gasteiger partial charge in [0, 0.05) is 17.1 Å². The summed E-state index contributed by atoms with van der Waals surface area (Å²) in [5.41, 5.74) is 8.63. The van der Waals surface area contributed by atoms with Crippen LogP contribution in [0.1, 0.15) is 27.1 Å². The van der Waals surface area contributed by atoms with Crippen LogP contribution in [0.25, 0.3) is 0 Å². The van der Waals surface area contributed by atoms with Crippen LogP contribution < -0.4 is 5.73 Å². The van der Waals surface area contributed by atoms with Crippen LogP contribution in [0.4, 0.5) is 13.2 Å². The zero-order valence-corrected chi connectivity index (χ0v) is 11.3. The van der Waals surface area contributed by atoms with Gasteiger partial charge in [0.2, 0.25) is 0 Å². The highest BCUT2D eigenvalue weighted by Gasteiger charge is 2.36. The SMILES string of the molecule is NC(c1cnc(C(F)(F)F)s1)C1Cc2ccccc2C1. The van der Waals surface area contributed by atoms with Crippen LogP contribution >= 0.6 is 11.3 Å². The van der Waals surface area contributed by atoms with E-state index in [1.165, 1.54) is 17.3 Å². The quantitative estimate of drug-likeness (QED) is 0.920. The monoisotopic (exact) mass is 298 g/mol. The number of nitrogens with two attached hydrogens (primary N) is 1. The van der Waals surface area contributed by atoms with E-state index in [1.807, 2.05) is 12.1 Å². The maximum absolute atomic E-state index is 12.6. The van der Waals surface area contributed by atoms with Crippen molar-refractivity contribution in [2.24, 2.45) is 11.7 Å². The second-order valence-corrected chi connectivity index (χ2v) is 6.09. The molecule has 1 aliphatic carbocycles. The van der Waals surface area contributed by atoms with E-state index in [0.29, 0.717) is 16.2 Å². The third kappa shape index (κ3) is 2.45. The van der Waals surface area contributed by atoms with E-state index in [1.54, 1.807) is 0 Å². The summed E-state index contributed by atoms with van der Waals surface area (Å²) >= 11 is 0.652. The lowest BCUT2D eigenvalue weighted by Crippen LogP contribution is -2.20. The average molecular weight is 298 g/mol. The van der Waals surface area contributed by atoms with Gasteiger partial charge < -0.3 is 5.73 Å². The van der Waals surface area contributed by atoms with Gasteiger partial charge in [0.15, 0.2) is 5.01 Å². The molecular formula is C14H13F3N2S. The van der Waals surface area contributed by atoms with Crippen molar-refractivity contribution in [2.45, 2.75) is 25.1 Å². The van der Waals surface area contributed by atoms with Gasteiger partial charge in [0.25, 0.3) is 0 Å². The van der Waals surface area contributed by atoms with Gasteiger partial charge in [-0.25, -0.2) is 4.98 Å². The lowest BCUT2D eigenvalue weighted by Gasteiger charge is -2.16. The molecule has 0 aliphatic heterocycles. The first kappa shape index (κ1) is 13.6. The molecule has 0 radical (unpaired) electrons. The number of aromatic nitrogens is 1. The second kappa shape index (κ2) is 4.86. The minimum Gasteiger partial charge on any atom is -0.323 e. The highest BCUT2D eigenvalue weighted by molar-refractivity contribution is 7.11. The molecule has 0 amide bonds. The fourth-order valence-corrected chi connectivity index (χ4v) is 3.53. The maximum Gasteiger partial charge on any atom is 0.443 e. The predicted octanol–water partition coefficient (Wildman–Crippen LogP) is 3.58. The van der Waals surface area contributed by atoms with Crippen molar-refractivity contribution in [3.63, 3.8) is 0 Å². The molecular weight excluding hydrogens is 285 g/mol. The van der Waals surface area contributed by atoms with Crippen molar-refractivity contribution in [3.05, 3.63) is 51.5 Å². The number of fused-ring (bicyclic) bond motifs is 1. The Hall–Kier alpha value is -1.40. The number of nitrogens with zero attached hydrogens (tertiary/aromatic N) is 1. The lowest BCUT2D eigenvalue weighted by atomic mass is 9.96. The largest absolute Gasteiger partial charge is 0.443 e. The third-order valence-corrected chi connectivity index (χ3v) is 4.83. The number of hydrogen-bond donors (Lipinski definition) is 1. The summed E-state index contributed by atoms with van der Waals surface area (Å²) in [6.45, 7) is 0. The van der Waals surface area contributed by atoms with Crippen LogP contribution in [0, 0.1) is 5.92 Å². The Kier molecular flexibility index (Phi) is 3.30.